The number of pyridine rings is 1. The molecule has 86 valence electrons. The minimum Gasteiger partial charge on any atom is -0.370 e. The van der Waals surface area contributed by atoms with Gasteiger partial charge in [0.05, 0.1) is 11.6 Å². The second-order valence-corrected chi connectivity index (χ2v) is 3.74. The van der Waals surface area contributed by atoms with Crippen LogP contribution in [0.2, 0.25) is 0 Å². The minimum absolute atomic E-state index is 0.654. The van der Waals surface area contributed by atoms with E-state index in [1.807, 2.05) is 24.3 Å². The minimum atomic E-state index is 0.654. The van der Waals surface area contributed by atoms with Gasteiger partial charge in [-0.2, -0.15) is 5.26 Å². The zero-order valence-corrected chi connectivity index (χ0v) is 9.48. The average Bonchev–Trinajstić information content (AvgIpc) is 2.38. The van der Waals surface area contributed by atoms with Gasteiger partial charge in [0, 0.05) is 23.5 Å². The molecule has 0 aliphatic rings. The average molecular weight is 226 g/mol. The summed E-state index contributed by atoms with van der Waals surface area (Å²) >= 11 is 0. The number of nitrogens with two attached hydrogens (primary N) is 1. The maximum Gasteiger partial charge on any atom is 0.133 e. The molecular weight excluding hydrogens is 212 g/mol. The van der Waals surface area contributed by atoms with Crippen molar-refractivity contribution in [3.63, 3.8) is 0 Å². The van der Waals surface area contributed by atoms with E-state index in [0.29, 0.717) is 12.1 Å². The zero-order valence-electron chi connectivity index (χ0n) is 9.48. The maximum absolute atomic E-state index is 9.03. The van der Waals surface area contributed by atoms with Gasteiger partial charge in [0.25, 0.3) is 0 Å². The SMILES string of the molecule is N#Cc1cccc2c(NCCCN)nccc12. The van der Waals surface area contributed by atoms with Gasteiger partial charge in [0.1, 0.15) is 5.82 Å². The van der Waals surface area contributed by atoms with E-state index in [2.05, 4.69) is 16.4 Å². The topological polar surface area (TPSA) is 74.7 Å². The van der Waals surface area contributed by atoms with Crippen LogP contribution in [0.1, 0.15) is 12.0 Å². The van der Waals surface area contributed by atoms with E-state index in [0.717, 1.165) is 29.6 Å². The Bertz CT molecular complexity index is 557. The van der Waals surface area contributed by atoms with E-state index in [-0.39, 0.29) is 0 Å². The summed E-state index contributed by atoms with van der Waals surface area (Å²) in [5, 5.41) is 14.2. The predicted molar refractivity (Wildman–Crippen MR) is 68.6 cm³/mol. The fourth-order valence-corrected chi connectivity index (χ4v) is 1.75. The Hall–Kier alpha value is -2.12. The third-order valence-corrected chi connectivity index (χ3v) is 2.60. The number of nitrogens with zero attached hydrogens (tertiary/aromatic N) is 2. The van der Waals surface area contributed by atoms with Crippen LogP contribution in [0.25, 0.3) is 10.8 Å². The molecule has 1 aromatic carbocycles. The molecule has 0 aliphatic carbocycles. The Kier molecular flexibility index (Phi) is 3.53. The van der Waals surface area contributed by atoms with Gasteiger partial charge < -0.3 is 11.1 Å². The first-order valence-corrected chi connectivity index (χ1v) is 5.58. The molecule has 0 radical (unpaired) electrons. The zero-order chi connectivity index (χ0) is 12.1. The molecule has 0 saturated carbocycles. The molecule has 0 unspecified atom stereocenters. The fraction of sp³-hybridized carbons (Fsp3) is 0.231. The lowest BCUT2D eigenvalue weighted by atomic mass is 10.1. The molecule has 4 nitrogen and oxygen atoms in total. The van der Waals surface area contributed by atoms with Crippen molar-refractivity contribution in [1.29, 1.82) is 5.26 Å². The largest absolute Gasteiger partial charge is 0.370 e. The summed E-state index contributed by atoms with van der Waals surface area (Å²) in [4.78, 5) is 4.29. The highest BCUT2D eigenvalue weighted by Crippen LogP contribution is 2.23. The molecular formula is C13H14N4. The summed E-state index contributed by atoms with van der Waals surface area (Å²) in [6, 6.07) is 9.70. The van der Waals surface area contributed by atoms with Gasteiger partial charge in [-0.1, -0.05) is 12.1 Å². The third kappa shape index (κ3) is 2.35. The van der Waals surface area contributed by atoms with Crippen LogP contribution in [0.15, 0.2) is 30.5 Å². The number of nitrogens with one attached hydrogen (secondary N) is 1. The summed E-state index contributed by atoms with van der Waals surface area (Å²) < 4.78 is 0. The van der Waals surface area contributed by atoms with Crippen molar-refractivity contribution in [1.82, 2.24) is 4.98 Å². The van der Waals surface area contributed by atoms with Crippen molar-refractivity contribution < 1.29 is 0 Å². The van der Waals surface area contributed by atoms with Crippen molar-refractivity contribution in [2.24, 2.45) is 5.73 Å². The molecule has 0 atom stereocenters. The van der Waals surface area contributed by atoms with Gasteiger partial charge in [0.2, 0.25) is 0 Å². The van der Waals surface area contributed by atoms with Gasteiger partial charge in [-0.25, -0.2) is 4.98 Å². The van der Waals surface area contributed by atoms with Crippen LogP contribution in [-0.4, -0.2) is 18.1 Å². The summed E-state index contributed by atoms with van der Waals surface area (Å²) in [5.74, 6) is 0.813. The molecule has 0 aliphatic heterocycles. The lowest BCUT2D eigenvalue weighted by Gasteiger charge is -2.08. The van der Waals surface area contributed by atoms with Crippen LogP contribution >= 0.6 is 0 Å². The van der Waals surface area contributed by atoms with Crippen LogP contribution < -0.4 is 11.1 Å². The number of aromatic nitrogens is 1. The van der Waals surface area contributed by atoms with Crippen molar-refractivity contribution in [3.05, 3.63) is 36.0 Å². The molecule has 0 spiro atoms. The number of nitriles is 1. The molecule has 3 N–H and O–H groups in total. The molecule has 2 aromatic rings. The van der Waals surface area contributed by atoms with Crippen LogP contribution in [-0.2, 0) is 0 Å². The van der Waals surface area contributed by atoms with Gasteiger partial charge in [0.15, 0.2) is 0 Å². The smallest absolute Gasteiger partial charge is 0.133 e. The normalized spacial score (nSPS) is 10.1. The lowest BCUT2D eigenvalue weighted by molar-refractivity contribution is 0.871. The quantitative estimate of drug-likeness (QED) is 0.780. The summed E-state index contributed by atoms with van der Waals surface area (Å²) in [5.41, 5.74) is 6.12. The van der Waals surface area contributed by atoms with E-state index in [1.165, 1.54) is 0 Å². The maximum atomic E-state index is 9.03. The highest BCUT2D eigenvalue weighted by atomic mass is 15.0. The van der Waals surface area contributed by atoms with Crippen molar-refractivity contribution in [2.45, 2.75) is 6.42 Å². The van der Waals surface area contributed by atoms with E-state index in [1.54, 1.807) is 6.20 Å². The highest BCUT2D eigenvalue weighted by Gasteiger charge is 2.04. The van der Waals surface area contributed by atoms with Crippen molar-refractivity contribution in [3.8, 4) is 6.07 Å². The van der Waals surface area contributed by atoms with Crippen LogP contribution in [0, 0.1) is 11.3 Å². The van der Waals surface area contributed by atoms with E-state index in [4.69, 9.17) is 11.0 Å². The Morgan fingerprint density at radius 3 is 2.94 bits per heavy atom. The molecule has 2 rings (SSSR count). The molecule has 1 heterocycles. The second kappa shape index (κ2) is 5.28. The first-order valence-electron chi connectivity index (χ1n) is 5.58. The Labute approximate surface area is 100 Å². The third-order valence-electron chi connectivity index (χ3n) is 2.60. The number of rotatable bonds is 4. The number of hydrogen-bond acceptors (Lipinski definition) is 4. The molecule has 0 amide bonds. The molecule has 1 aromatic heterocycles. The Morgan fingerprint density at radius 2 is 2.18 bits per heavy atom. The van der Waals surface area contributed by atoms with Crippen LogP contribution in [0.5, 0.6) is 0 Å². The molecule has 17 heavy (non-hydrogen) atoms. The van der Waals surface area contributed by atoms with Gasteiger partial charge in [-0.15, -0.1) is 0 Å². The Morgan fingerprint density at radius 1 is 1.29 bits per heavy atom. The fourth-order valence-electron chi connectivity index (χ4n) is 1.75. The van der Waals surface area contributed by atoms with Gasteiger partial charge in [-0.05, 0) is 25.1 Å². The van der Waals surface area contributed by atoms with Gasteiger partial charge >= 0.3 is 0 Å². The summed E-state index contributed by atoms with van der Waals surface area (Å²) in [7, 11) is 0. The van der Waals surface area contributed by atoms with Crippen LogP contribution in [0.4, 0.5) is 5.82 Å². The number of hydrogen-bond donors (Lipinski definition) is 2. The van der Waals surface area contributed by atoms with E-state index >= 15 is 0 Å². The monoisotopic (exact) mass is 226 g/mol. The lowest BCUT2D eigenvalue weighted by Crippen LogP contribution is -2.09. The van der Waals surface area contributed by atoms with Gasteiger partial charge in [-0.3, -0.25) is 0 Å². The second-order valence-electron chi connectivity index (χ2n) is 3.74. The van der Waals surface area contributed by atoms with E-state index < -0.39 is 0 Å². The number of fused-ring (bicyclic) bond motifs is 1. The standard InChI is InChI=1S/C13H14N4/c14-6-2-7-16-13-12-4-1-3-10(9-15)11(12)5-8-17-13/h1,3-5,8H,2,6-7,14H2,(H,16,17). The molecule has 0 bridgehead atoms. The summed E-state index contributed by atoms with van der Waals surface area (Å²) in [6.45, 7) is 1.45. The van der Waals surface area contributed by atoms with Crippen molar-refractivity contribution in [2.75, 3.05) is 18.4 Å². The van der Waals surface area contributed by atoms with Crippen LogP contribution in [0.3, 0.4) is 0 Å². The Balaban J connectivity index is 2.41. The first-order chi connectivity index (χ1) is 8.36. The number of anilines is 1. The highest BCUT2D eigenvalue weighted by molar-refractivity contribution is 5.95. The number of benzene rings is 1. The predicted octanol–water partition coefficient (Wildman–Crippen LogP) is 1.87. The first kappa shape index (κ1) is 11.4. The molecule has 0 fully saturated rings. The molecule has 0 saturated heterocycles. The van der Waals surface area contributed by atoms with E-state index in [9.17, 15) is 0 Å². The molecule has 4 heteroatoms. The van der Waals surface area contributed by atoms with Crippen molar-refractivity contribution >= 4 is 16.6 Å². The summed E-state index contributed by atoms with van der Waals surface area (Å²) in [6.07, 6.45) is 2.62.